The highest BCUT2D eigenvalue weighted by molar-refractivity contribution is 6.83. The lowest BCUT2D eigenvalue weighted by Crippen LogP contribution is -2.65. The molecule has 2 radical (unpaired) electrons. The lowest BCUT2D eigenvalue weighted by atomic mass is 9.93. The van der Waals surface area contributed by atoms with Gasteiger partial charge in [0.2, 0.25) is 0 Å². The fourth-order valence-electron chi connectivity index (χ4n) is 4.18. The summed E-state index contributed by atoms with van der Waals surface area (Å²) < 4.78 is 26.0. The molecule has 1 N–H and O–H groups in total. The normalized spacial score (nSPS) is 35.2. The fourth-order valence-corrected chi connectivity index (χ4v) is 15.4. The number of fused-ring (bicyclic) bond motifs is 1. The summed E-state index contributed by atoms with van der Waals surface area (Å²) in [5.41, 5.74) is 1.03. The van der Waals surface area contributed by atoms with Gasteiger partial charge in [-0.2, -0.15) is 0 Å². The second-order valence-electron chi connectivity index (χ2n) is 8.69. The molecule has 0 aromatic heterocycles. The largest absolute Gasteiger partial charge is 0.414 e. The molecule has 0 saturated carbocycles. The van der Waals surface area contributed by atoms with E-state index < -0.39 is 35.3 Å². The average Bonchev–Trinajstić information content (AvgIpc) is 2.73. The maximum atomic E-state index is 10.5. The maximum Gasteiger partial charge on any atom is 0.335 e. The molecule has 5 nitrogen and oxygen atoms in total. The van der Waals surface area contributed by atoms with E-state index in [-0.39, 0.29) is 28.3 Å². The molecule has 2 aliphatic heterocycles. The first-order chi connectivity index (χ1) is 11.5. The van der Waals surface area contributed by atoms with Crippen LogP contribution in [0.2, 0.25) is 22.2 Å². The second kappa shape index (κ2) is 7.73. The Labute approximate surface area is 156 Å². The number of ether oxygens (including phenoxy) is 1. The highest BCUT2D eigenvalue weighted by atomic mass is 28.5. The Balaban J connectivity index is 2.53. The number of aliphatic hydroxyl groups is 1. The monoisotopic (exact) mass is 386 g/mol. The molecule has 0 aliphatic carbocycles. The van der Waals surface area contributed by atoms with Crippen LogP contribution in [0.3, 0.4) is 0 Å². The van der Waals surface area contributed by atoms with Crippen molar-refractivity contribution < 1.29 is 22.8 Å². The van der Waals surface area contributed by atoms with E-state index in [1.54, 1.807) is 0 Å². The predicted octanol–water partition coefficient (Wildman–Crippen LogP) is 3.20. The predicted molar refractivity (Wildman–Crippen MR) is 104 cm³/mol. The molecule has 2 fully saturated rings. The molecule has 25 heavy (non-hydrogen) atoms. The van der Waals surface area contributed by atoms with E-state index in [0.29, 0.717) is 6.61 Å². The van der Waals surface area contributed by atoms with Crippen molar-refractivity contribution >= 4 is 25.0 Å². The Hall–Kier alpha value is 0.299. The molecular formula is C17H35BO5Si2. The number of hydrogen-bond acceptors (Lipinski definition) is 5. The highest BCUT2D eigenvalue weighted by Crippen LogP contribution is 2.47. The van der Waals surface area contributed by atoms with Gasteiger partial charge in [0.1, 0.15) is 20.1 Å². The van der Waals surface area contributed by atoms with E-state index in [0.717, 1.165) is 0 Å². The van der Waals surface area contributed by atoms with Gasteiger partial charge in [-0.3, -0.25) is 0 Å². The van der Waals surface area contributed by atoms with Crippen molar-refractivity contribution in [3.8, 4) is 0 Å². The van der Waals surface area contributed by atoms with E-state index in [4.69, 9.17) is 25.6 Å². The molecule has 2 rings (SSSR count). The van der Waals surface area contributed by atoms with E-state index in [1.165, 1.54) is 0 Å². The van der Waals surface area contributed by atoms with E-state index in [1.807, 2.05) is 0 Å². The Morgan fingerprint density at radius 3 is 1.80 bits per heavy atom. The first-order valence-electron chi connectivity index (χ1n) is 9.59. The summed E-state index contributed by atoms with van der Waals surface area (Å²) in [6.45, 7) is 17.7. The van der Waals surface area contributed by atoms with Gasteiger partial charge >= 0.3 is 17.1 Å². The minimum Gasteiger partial charge on any atom is -0.414 e. The highest BCUT2D eigenvalue weighted by Gasteiger charge is 2.61. The summed E-state index contributed by atoms with van der Waals surface area (Å²) in [5.74, 6) is 0. The van der Waals surface area contributed by atoms with Gasteiger partial charge in [0.15, 0.2) is 0 Å². The summed E-state index contributed by atoms with van der Waals surface area (Å²) in [6, 6.07) is -0.739. The SMILES string of the molecule is [B]C1OC2CO[Si](C(C)C)(C(C)C)O[Si](C(C)C)(C(C)C)O[C@H]2[C@H]1O. The van der Waals surface area contributed by atoms with Gasteiger partial charge in [0.05, 0.1) is 12.7 Å². The van der Waals surface area contributed by atoms with Crippen molar-refractivity contribution in [3.05, 3.63) is 0 Å². The van der Waals surface area contributed by atoms with Crippen LogP contribution in [-0.4, -0.2) is 61.0 Å². The zero-order valence-corrected chi connectivity index (χ0v) is 19.0. The maximum absolute atomic E-state index is 10.5. The van der Waals surface area contributed by atoms with Crippen molar-refractivity contribution in [1.82, 2.24) is 0 Å². The molecular weight excluding hydrogens is 351 g/mol. The van der Waals surface area contributed by atoms with Crippen LogP contribution in [0.25, 0.3) is 0 Å². The number of aliphatic hydroxyl groups excluding tert-OH is 1. The van der Waals surface area contributed by atoms with E-state index in [9.17, 15) is 5.11 Å². The summed E-state index contributed by atoms with van der Waals surface area (Å²) in [6.07, 6.45) is -1.69. The molecule has 2 heterocycles. The molecule has 144 valence electrons. The molecule has 2 unspecified atom stereocenters. The molecule has 0 aromatic rings. The van der Waals surface area contributed by atoms with Gasteiger partial charge in [-0.15, -0.1) is 0 Å². The Bertz CT molecular complexity index is 444. The minimum atomic E-state index is -2.70. The van der Waals surface area contributed by atoms with E-state index in [2.05, 4.69) is 55.4 Å². The first kappa shape index (κ1) is 21.6. The zero-order chi connectivity index (χ0) is 19.2. The molecule has 0 aromatic carbocycles. The van der Waals surface area contributed by atoms with Crippen molar-refractivity contribution in [2.75, 3.05) is 6.61 Å². The van der Waals surface area contributed by atoms with Crippen LogP contribution in [0, 0.1) is 0 Å². The average molecular weight is 386 g/mol. The van der Waals surface area contributed by atoms with Crippen LogP contribution in [0.1, 0.15) is 55.4 Å². The van der Waals surface area contributed by atoms with Crippen molar-refractivity contribution in [3.63, 3.8) is 0 Å². The Morgan fingerprint density at radius 1 is 0.880 bits per heavy atom. The molecule has 0 amide bonds. The molecule has 0 bridgehead atoms. The van der Waals surface area contributed by atoms with Crippen LogP contribution in [0.15, 0.2) is 0 Å². The third-order valence-corrected chi connectivity index (χ3v) is 16.0. The van der Waals surface area contributed by atoms with Crippen molar-refractivity contribution in [2.45, 2.75) is 102 Å². The number of rotatable bonds is 4. The third kappa shape index (κ3) is 3.68. The third-order valence-electron chi connectivity index (χ3n) is 5.70. The van der Waals surface area contributed by atoms with Crippen LogP contribution in [0.5, 0.6) is 0 Å². The van der Waals surface area contributed by atoms with Crippen LogP contribution < -0.4 is 0 Å². The van der Waals surface area contributed by atoms with Crippen molar-refractivity contribution in [1.29, 1.82) is 0 Å². The Kier molecular flexibility index (Phi) is 6.68. The Morgan fingerprint density at radius 2 is 1.36 bits per heavy atom. The summed E-state index contributed by atoms with van der Waals surface area (Å²) in [5, 5.41) is 10.5. The smallest absolute Gasteiger partial charge is 0.335 e. The minimum absolute atomic E-state index is 0.225. The van der Waals surface area contributed by atoms with Gasteiger partial charge in [-0.25, -0.2) is 0 Å². The molecule has 4 atom stereocenters. The second-order valence-corrected chi connectivity index (χ2v) is 17.5. The molecule has 8 heteroatoms. The summed E-state index contributed by atoms with van der Waals surface area (Å²) in [7, 11) is 0.699. The van der Waals surface area contributed by atoms with Gasteiger partial charge in [0, 0.05) is 6.00 Å². The first-order valence-corrected chi connectivity index (χ1v) is 13.5. The van der Waals surface area contributed by atoms with Crippen molar-refractivity contribution in [2.24, 2.45) is 0 Å². The number of hydrogen-bond donors (Lipinski definition) is 1. The quantitative estimate of drug-likeness (QED) is 0.752. The molecule has 2 aliphatic rings. The fraction of sp³-hybridized carbons (Fsp3) is 1.00. The van der Waals surface area contributed by atoms with Gasteiger partial charge in [-0.1, -0.05) is 55.4 Å². The lowest BCUT2D eigenvalue weighted by molar-refractivity contribution is -0.0318. The van der Waals surface area contributed by atoms with Crippen LogP contribution in [0.4, 0.5) is 0 Å². The summed E-state index contributed by atoms with van der Waals surface area (Å²) >= 11 is 0. The topological polar surface area (TPSA) is 57.2 Å². The van der Waals surface area contributed by atoms with E-state index >= 15 is 0 Å². The standard InChI is InChI=1S/C17H35BO5Si2/c1-10(2)24(11(3)4)20-9-14-16(15(19)17(18)21-14)22-25(23-24,12(5)6)13(7)8/h10-17,19H,9H2,1-8H3/t14?,15-,16-,17?/m1/s1. The van der Waals surface area contributed by atoms with Crippen LogP contribution >= 0.6 is 0 Å². The summed E-state index contributed by atoms with van der Waals surface area (Å²) in [4.78, 5) is 0. The molecule has 0 spiro atoms. The lowest BCUT2D eigenvalue weighted by Gasteiger charge is -2.51. The zero-order valence-electron chi connectivity index (χ0n) is 17.0. The molecule has 2 saturated heterocycles. The van der Waals surface area contributed by atoms with Gasteiger partial charge in [-0.05, 0) is 22.2 Å². The van der Waals surface area contributed by atoms with Gasteiger partial charge < -0.3 is 22.8 Å². The van der Waals surface area contributed by atoms with Crippen LogP contribution in [-0.2, 0) is 17.7 Å². The van der Waals surface area contributed by atoms with Gasteiger partial charge in [0.25, 0.3) is 0 Å².